The van der Waals surface area contributed by atoms with Gasteiger partial charge in [-0.25, -0.2) is 4.79 Å². The largest absolute Gasteiger partial charge is 0.421 e. The Bertz CT molecular complexity index is 1270. The first-order chi connectivity index (χ1) is 15.7. The molecule has 1 saturated heterocycles. The van der Waals surface area contributed by atoms with E-state index in [0.29, 0.717) is 29.3 Å². The number of ketones is 1. The van der Waals surface area contributed by atoms with Crippen molar-refractivity contribution in [3.8, 4) is 0 Å². The van der Waals surface area contributed by atoms with Crippen LogP contribution in [0.2, 0.25) is 0 Å². The number of rotatable bonds is 6. The Kier molecular flexibility index (Phi) is 5.73. The summed E-state index contributed by atoms with van der Waals surface area (Å²) in [5.74, 6) is 0.220. The predicted octanol–water partition coefficient (Wildman–Crippen LogP) is 4.74. The zero-order chi connectivity index (χ0) is 21.9. The Balaban J connectivity index is 1.27. The lowest BCUT2D eigenvalue weighted by molar-refractivity contribution is 0.103. The highest BCUT2D eigenvalue weighted by molar-refractivity contribution is 6.10. The van der Waals surface area contributed by atoms with Gasteiger partial charge in [-0.2, -0.15) is 0 Å². The van der Waals surface area contributed by atoms with E-state index in [1.54, 1.807) is 28.8 Å². The predicted molar refractivity (Wildman–Crippen MR) is 125 cm³/mol. The topological polar surface area (TPSA) is 55.5 Å². The Morgan fingerprint density at radius 2 is 1.56 bits per heavy atom. The number of nitrogens with zero attached hydrogens (tertiary/aromatic N) is 2. The number of hydrogen-bond donors (Lipinski definition) is 0. The second kappa shape index (κ2) is 8.97. The van der Waals surface area contributed by atoms with Crippen LogP contribution in [0.25, 0.3) is 11.1 Å². The first kappa shape index (κ1) is 20.5. The average Bonchev–Trinajstić information content (AvgIpc) is 3.15. The summed E-state index contributed by atoms with van der Waals surface area (Å²) in [6.45, 7) is 2.43. The summed E-state index contributed by atoms with van der Waals surface area (Å²) < 4.78 is 7.17. The van der Waals surface area contributed by atoms with Crippen LogP contribution in [0.4, 0.5) is 0 Å². The summed E-state index contributed by atoms with van der Waals surface area (Å²) in [6, 6.07) is 25.0. The molecule has 0 saturated carbocycles. The Hall–Kier alpha value is -3.44. The maximum Gasteiger partial charge on any atom is 0.421 e. The SMILES string of the molecule is O=C(c1ccccc1)c1ccc2c(c1)oc(=O)n2CN1CCC(Cc2ccccc2)CC1. The summed E-state index contributed by atoms with van der Waals surface area (Å²) in [5.41, 5.74) is 3.71. The Morgan fingerprint density at radius 3 is 2.28 bits per heavy atom. The number of hydrogen-bond acceptors (Lipinski definition) is 4. The third-order valence-electron chi connectivity index (χ3n) is 6.38. The molecule has 1 aliphatic heterocycles. The lowest BCUT2D eigenvalue weighted by atomic mass is 9.90. The highest BCUT2D eigenvalue weighted by Crippen LogP contribution is 2.23. The number of aromatic nitrogens is 1. The van der Waals surface area contributed by atoms with Crippen molar-refractivity contribution in [3.63, 3.8) is 0 Å². The van der Waals surface area contributed by atoms with Crippen molar-refractivity contribution in [2.24, 2.45) is 5.92 Å². The van der Waals surface area contributed by atoms with E-state index in [4.69, 9.17) is 4.42 Å². The Labute approximate surface area is 186 Å². The molecule has 0 unspecified atom stereocenters. The maximum absolute atomic E-state index is 12.7. The van der Waals surface area contributed by atoms with E-state index in [1.165, 1.54) is 5.56 Å². The van der Waals surface area contributed by atoms with Crippen LogP contribution in [-0.4, -0.2) is 28.3 Å². The van der Waals surface area contributed by atoms with Crippen LogP contribution in [-0.2, 0) is 13.1 Å². The van der Waals surface area contributed by atoms with E-state index >= 15 is 0 Å². The molecule has 2 heterocycles. The number of benzene rings is 3. The van der Waals surface area contributed by atoms with Crippen LogP contribution in [0.15, 0.2) is 88.1 Å². The van der Waals surface area contributed by atoms with Crippen LogP contribution in [0.3, 0.4) is 0 Å². The summed E-state index contributed by atoms with van der Waals surface area (Å²) in [7, 11) is 0. The van der Waals surface area contributed by atoms with E-state index in [9.17, 15) is 9.59 Å². The average molecular weight is 427 g/mol. The molecule has 162 valence electrons. The lowest BCUT2D eigenvalue weighted by Gasteiger charge is -2.31. The van der Waals surface area contributed by atoms with Crippen LogP contribution < -0.4 is 5.76 Å². The van der Waals surface area contributed by atoms with Gasteiger partial charge in [-0.15, -0.1) is 0 Å². The summed E-state index contributed by atoms with van der Waals surface area (Å²) in [4.78, 5) is 27.6. The number of piperidine rings is 1. The van der Waals surface area contributed by atoms with Crippen LogP contribution in [0, 0.1) is 5.92 Å². The number of carbonyl (C=O) groups excluding carboxylic acids is 1. The van der Waals surface area contributed by atoms with Crippen molar-refractivity contribution in [2.45, 2.75) is 25.9 Å². The van der Waals surface area contributed by atoms with E-state index in [2.05, 4.69) is 35.2 Å². The lowest BCUT2D eigenvalue weighted by Crippen LogP contribution is -2.37. The van der Waals surface area contributed by atoms with Gasteiger partial charge in [-0.05, 0) is 48.9 Å². The van der Waals surface area contributed by atoms with Crippen molar-refractivity contribution in [3.05, 3.63) is 106 Å². The molecule has 0 aliphatic carbocycles. The van der Waals surface area contributed by atoms with Gasteiger partial charge in [-0.3, -0.25) is 14.3 Å². The van der Waals surface area contributed by atoms with Crippen molar-refractivity contribution in [2.75, 3.05) is 13.1 Å². The minimum Gasteiger partial charge on any atom is -0.408 e. The monoisotopic (exact) mass is 426 g/mol. The molecular formula is C27H26N2O3. The van der Waals surface area contributed by atoms with Gasteiger partial charge in [0, 0.05) is 24.2 Å². The van der Waals surface area contributed by atoms with Crippen molar-refractivity contribution >= 4 is 16.9 Å². The van der Waals surface area contributed by atoms with Gasteiger partial charge in [0.25, 0.3) is 0 Å². The molecule has 1 aliphatic rings. The quantitative estimate of drug-likeness (QED) is 0.418. The van der Waals surface area contributed by atoms with Gasteiger partial charge in [0.2, 0.25) is 0 Å². The third-order valence-corrected chi connectivity index (χ3v) is 6.38. The summed E-state index contributed by atoms with van der Waals surface area (Å²) in [6.07, 6.45) is 3.35. The molecule has 5 rings (SSSR count). The fourth-order valence-corrected chi connectivity index (χ4v) is 4.58. The zero-order valence-electron chi connectivity index (χ0n) is 17.9. The summed E-state index contributed by atoms with van der Waals surface area (Å²) in [5, 5.41) is 0. The molecule has 0 N–H and O–H groups in total. The van der Waals surface area contributed by atoms with E-state index < -0.39 is 0 Å². The second-order valence-electron chi connectivity index (χ2n) is 8.57. The van der Waals surface area contributed by atoms with E-state index in [1.807, 2.05) is 24.3 Å². The molecular weight excluding hydrogens is 400 g/mol. The first-order valence-electron chi connectivity index (χ1n) is 11.2. The normalized spacial score (nSPS) is 15.2. The van der Waals surface area contributed by atoms with E-state index in [-0.39, 0.29) is 11.5 Å². The maximum atomic E-state index is 12.7. The molecule has 0 spiro atoms. The number of likely N-dealkylation sites (tertiary alicyclic amines) is 1. The third kappa shape index (κ3) is 4.30. The van der Waals surface area contributed by atoms with Gasteiger partial charge >= 0.3 is 5.76 Å². The van der Waals surface area contributed by atoms with Crippen molar-refractivity contribution in [1.29, 1.82) is 0 Å². The zero-order valence-corrected chi connectivity index (χ0v) is 17.9. The van der Waals surface area contributed by atoms with E-state index in [0.717, 1.165) is 37.9 Å². The van der Waals surface area contributed by atoms with Gasteiger partial charge < -0.3 is 4.42 Å². The molecule has 1 fully saturated rings. The van der Waals surface area contributed by atoms with Crippen LogP contribution in [0.5, 0.6) is 0 Å². The molecule has 5 nitrogen and oxygen atoms in total. The van der Waals surface area contributed by atoms with Gasteiger partial charge in [-0.1, -0.05) is 60.7 Å². The van der Waals surface area contributed by atoms with Crippen molar-refractivity contribution in [1.82, 2.24) is 9.47 Å². The molecule has 4 aromatic rings. The molecule has 0 amide bonds. The molecule has 32 heavy (non-hydrogen) atoms. The number of carbonyl (C=O) groups is 1. The minimum atomic E-state index is -0.379. The highest BCUT2D eigenvalue weighted by Gasteiger charge is 2.22. The highest BCUT2D eigenvalue weighted by atomic mass is 16.4. The molecule has 5 heteroatoms. The molecule has 0 atom stereocenters. The first-order valence-corrected chi connectivity index (χ1v) is 11.2. The minimum absolute atomic E-state index is 0.0802. The molecule has 0 radical (unpaired) electrons. The summed E-state index contributed by atoms with van der Waals surface area (Å²) >= 11 is 0. The van der Waals surface area contributed by atoms with Gasteiger partial charge in [0.1, 0.15) is 0 Å². The molecule has 3 aromatic carbocycles. The van der Waals surface area contributed by atoms with Gasteiger partial charge in [0.05, 0.1) is 12.2 Å². The Morgan fingerprint density at radius 1 is 0.875 bits per heavy atom. The fourth-order valence-electron chi connectivity index (χ4n) is 4.58. The fraction of sp³-hybridized carbons (Fsp3) is 0.259. The van der Waals surface area contributed by atoms with Crippen LogP contribution in [0.1, 0.15) is 34.3 Å². The molecule has 0 bridgehead atoms. The van der Waals surface area contributed by atoms with Crippen LogP contribution >= 0.6 is 0 Å². The standard InChI is InChI=1S/C27H26N2O3/c30-26(22-9-5-2-6-10-22)23-11-12-24-25(18-23)32-27(31)29(24)19-28-15-13-21(14-16-28)17-20-7-3-1-4-8-20/h1-12,18,21H,13-17,19H2. The van der Waals surface area contributed by atoms with Crippen molar-refractivity contribution < 1.29 is 9.21 Å². The smallest absolute Gasteiger partial charge is 0.408 e. The van der Waals surface area contributed by atoms with Gasteiger partial charge in [0.15, 0.2) is 11.4 Å². The number of oxazole rings is 1. The molecule has 1 aromatic heterocycles. The number of fused-ring (bicyclic) bond motifs is 1. The second-order valence-corrected chi connectivity index (χ2v) is 8.57.